The molecular weight excluding hydrogens is 523 g/mol. The van der Waals surface area contributed by atoms with Crippen LogP contribution in [0.25, 0.3) is 0 Å². The molecule has 3 fully saturated rings. The number of benzene rings is 2. The Balaban J connectivity index is 1.32. The molecule has 2 aliphatic carbocycles. The molecule has 37 heavy (non-hydrogen) atoms. The number of rotatable bonds is 7. The minimum Gasteiger partial charge on any atom is -0.397 e. The first kappa shape index (κ1) is 26.5. The number of nitrogens with zero attached hydrogens (tertiary/aromatic N) is 4. The second kappa shape index (κ2) is 11.0. The number of piperazine rings is 1. The standard InChI is InChI=1S/C28H34Cl2N6S/c1-34-10-12-35(13-11-34)8-3-9-36(27(37)33-25-16-23(30)22(29)15-24(25)32)26-6-7-28(17-21(26)28)20-5-2-4-19(14-20)18-31/h2,4-5,14-16,21,26H,3,6-13,17,32H2,1H3,(H,33,37)/t21?,26?,28-/m1/s1. The third kappa shape index (κ3) is 5.55. The second-order valence-electron chi connectivity index (χ2n) is 10.7. The summed E-state index contributed by atoms with van der Waals surface area (Å²) >= 11 is 18.4. The van der Waals surface area contributed by atoms with E-state index >= 15 is 0 Å². The van der Waals surface area contributed by atoms with Crippen LogP contribution in [0.4, 0.5) is 11.4 Å². The highest BCUT2D eigenvalue weighted by Crippen LogP contribution is 2.65. The van der Waals surface area contributed by atoms with Gasteiger partial charge >= 0.3 is 0 Å². The van der Waals surface area contributed by atoms with Crippen molar-refractivity contribution in [3.63, 3.8) is 0 Å². The maximum Gasteiger partial charge on any atom is 0.173 e. The lowest BCUT2D eigenvalue weighted by atomic mass is 9.92. The number of halogens is 2. The lowest BCUT2D eigenvalue weighted by Crippen LogP contribution is -2.47. The predicted molar refractivity (Wildman–Crippen MR) is 156 cm³/mol. The van der Waals surface area contributed by atoms with Crippen LogP contribution in [0, 0.1) is 17.2 Å². The monoisotopic (exact) mass is 556 g/mol. The van der Waals surface area contributed by atoms with Gasteiger partial charge in [-0.05, 0) is 87.2 Å². The summed E-state index contributed by atoms with van der Waals surface area (Å²) in [7, 11) is 2.19. The van der Waals surface area contributed by atoms with E-state index in [1.54, 1.807) is 12.1 Å². The van der Waals surface area contributed by atoms with Crippen molar-refractivity contribution in [2.24, 2.45) is 5.92 Å². The summed E-state index contributed by atoms with van der Waals surface area (Å²) in [5.74, 6) is 0.524. The number of fused-ring (bicyclic) bond motifs is 1. The number of nitrogen functional groups attached to an aromatic ring is 1. The van der Waals surface area contributed by atoms with Crippen LogP contribution in [-0.4, -0.2) is 72.2 Å². The third-order valence-electron chi connectivity index (χ3n) is 8.52. The van der Waals surface area contributed by atoms with Crippen molar-refractivity contribution in [2.75, 3.05) is 57.4 Å². The molecule has 1 heterocycles. The van der Waals surface area contributed by atoms with E-state index < -0.39 is 0 Å². The van der Waals surface area contributed by atoms with Crippen molar-refractivity contribution in [3.8, 4) is 6.07 Å². The summed E-state index contributed by atoms with van der Waals surface area (Å²) in [6, 6.07) is 14.2. The molecule has 2 aromatic rings. The zero-order valence-electron chi connectivity index (χ0n) is 21.2. The number of hydrogen-bond donors (Lipinski definition) is 2. The fourth-order valence-electron chi connectivity index (χ4n) is 6.29. The fraction of sp³-hybridized carbons (Fsp3) is 0.500. The highest BCUT2D eigenvalue weighted by molar-refractivity contribution is 7.80. The second-order valence-corrected chi connectivity index (χ2v) is 11.9. The first-order valence-corrected chi connectivity index (χ1v) is 14.2. The Bertz CT molecular complexity index is 1210. The molecule has 3 N–H and O–H groups in total. The van der Waals surface area contributed by atoms with Crippen molar-refractivity contribution >= 4 is 51.9 Å². The molecule has 1 saturated heterocycles. The maximum absolute atomic E-state index is 9.42. The molecule has 0 amide bonds. The Hall–Kier alpha value is -2.08. The van der Waals surface area contributed by atoms with Crippen LogP contribution in [0.1, 0.15) is 36.8 Å². The number of nitriles is 1. The van der Waals surface area contributed by atoms with E-state index in [9.17, 15) is 5.26 Å². The zero-order chi connectivity index (χ0) is 26.2. The Kier molecular flexibility index (Phi) is 7.86. The van der Waals surface area contributed by atoms with Crippen LogP contribution in [0.15, 0.2) is 36.4 Å². The van der Waals surface area contributed by atoms with E-state index in [2.05, 4.69) is 45.3 Å². The van der Waals surface area contributed by atoms with Gasteiger partial charge in [-0.2, -0.15) is 5.26 Å². The van der Waals surface area contributed by atoms with Gasteiger partial charge in [-0.1, -0.05) is 35.3 Å². The molecule has 0 aromatic heterocycles. The smallest absolute Gasteiger partial charge is 0.173 e. The summed E-state index contributed by atoms with van der Waals surface area (Å²) < 4.78 is 0. The van der Waals surface area contributed by atoms with Gasteiger partial charge in [0.1, 0.15) is 0 Å². The number of nitrogens with two attached hydrogens (primary N) is 1. The molecular formula is C28H34Cl2N6S. The van der Waals surface area contributed by atoms with Crippen LogP contribution in [0.5, 0.6) is 0 Å². The summed E-state index contributed by atoms with van der Waals surface area (Å²) in [5, 5.41) is 14.4. The van der Waals surface area contributed by atoms with Crippen molar-refractivity contribution < 1.29 is 0 Å². The molecule has 196 valence electrons. The average molecular weight is 558 g/mol. The minimum absolute atomic E-state index is 0.158. The van der Waals surface area contributed by atoms with E-state index in [0.717, 1.165) is 70.5 Å². The van der Waals surface area contributed by atoms with Gasteiger partial charge in [0, 0.05) is 44.2 Å². The molecule has 3 aliphatic rings. The predicted octanol–water partition coefficient (Wildman–Crippen LogP) is 5.20. The number of likely N-dealkylation sites (N-methyl/N-ethyl adjacent to an activating group) is 1. The molecule has 5 rings (SSSR count). The zero-order valence-corrected chi connectivity index (χ0v) is 23.5. The molecule has 0 spiro atoms. The largest absolute Gasteiger partial charge is 0.397 e. The highest BCUT2D eigenvalue weighted by Gasteiger charge is 2.63. The van der Waals surface area contributed by atoms with E-state index in [1.165, 1.54) is 5.56 Å². The van der Waals surface area contributed by atoms with Gasteiger partial charge in [-0.25, -0.2) is 0 Å². The molecule has 0 bridgehead atoms. The van der Waals surface area contributed by atoms with Crippen LogP contribution >= 0.6 is 35.4 Å². The molecule has 9 heteroatoms. The maximum atomic E-state index is 9.42. The fourth-order valence-corrected chi connectivity index (χ4v) is 6.96. The van der Waals surface area contributed by atoms with Crippen molar-refractivity contribution in [1.82, 2.24) is 14.7 Å². The number of hydrogen-bond acceptors (Lipinski definition) is 5. The Morgan fingerprint density at radius 1 is 1.22 bits per heavy atom. The molecule has 6 nitrogen and oxygen atoms in total. The summed E-state index contributed by atoms with van der Waals surface area (Å²) in [4.78, 5) is 7.33. The normalized spacial score (nSPS) is 25.4. The lowest BCUT2D eigenvalue weighted by Gasteiger charge is -2.35. The molecule has 1 aliphatic heterocycles. The summed E-state index contributed by atoms with van der Waals surface area (Å²) in [6.07, 6.45) is 4.37. The average Bonchev–Trinajstić information content (AvgIpc) is 3.52. The van der Waals surface area contributed by atoms with Crippen molar-refractivity contribution in [1.29, 1.82) is 5.26 Å². The summed E-state index contributed by atoms with van der Waals surface area (Å²) in [6.45, 7) is 6.42. The van der Waals surface area contributed by atoms with Crippen LogP contribution in [0.2, 0.25) is 10.0 Å². The van der Waals surface area contributed by atoms with Gasteiger partial charge < -0.3 is 25.8 Å². The van der Waals surface area contributed by atoms with Crippen LogP contribution in [0.3, 0.4) is 0 Å². The lowest BCUT2D eigenvalue weighted by molar-refractivity contribution is 0.147. The first-order valence-electron chi connectivity index (χ1n) is 13.0. The van der Waals surface area contributed by atoms with Crippen LogP contribution < -0.4 is 11.1 Å². The molecule has 2 unspecified atom stereocenters. The van der Waals surface area contributed by atoms with Crippen molar-refractivity contribution in [3.05, 3.63) is 57.6 Å². The Morgan fingerprint density at radius 2 is 1.97 bits per heavy atom. The molecule has 2 aromatic carbocycles. The van der Waals surface area contributed by atoms with Gasteiger partial charge in [0.2, 0.25) is 0 Å². The van der Waals surface area contributed by atoms with Gasteiger partial charge in [-0.15, -0.1) is 0 Å². The Morgan fingerprint density at radius 3 is 2.70 bits per heavy atom. The summed E-state index contributed by atoms with van der Waals surface area (Å²) in [5.41, 5.74) is 9.64. The SMILES string of the molecule is CN1CCN(CCCN(C(=S)Nc2cc(Cl)c(Cl)cc2N)C2CC[C@]3(c4cccc(C#N)c4)CC23)CC1. The molecule has 2 saturated carbocycles. The first-order chi connectivity index (χ1) is 17.8. The van der Waals surface area contributed by atoms with E-state index in [4.69, 9.17) is 41.2 Å². The van der Waals surface area contributed by atoms with Gasteiger partial charge in [-0.3, -0.25) is 0 Å². The topological polar surface area (TPSA) is 71.6 Å². The number of thiocarbonyl (C=S) groups is 1. The number of anilines is 2. The van der Waals surface area contributed by atoms with Crippen LogP contribution in [-0.2, 0) is 5.41 Å². The van der Waals surface area contributed by atoms with Gasteiger partial charge in [0.05, 0.1) is 33.1 Å². The van der Waals surface area contributed by atoms with E-state index in [0.29, 0.717) is 38.5 Å². The van der Waals surface area contributed by atoms with Crippen molar-refractivity contribution in [2.45, 2.75) is 37.1 Å². The minimum atomic E-state index is 0.158. The van der Waals surface area contributed by atoms with E-state index in [-0.39, 0.29) is 5.41 Å². The third-order valence-corrected chi connectivity index (χ3v) is 9.57. The Labute approximate surface area is 235 Å². The number of nitrogens with one attached hydrogen (secondary N) is 1. The van der Waals surface area contributed by atoms with Gasteiger partial charge in [0.25, 0.3) is 0 Å². The highest BCUT2D eigenvalue weighted by atomic mass is 35.5. The molecule has 0 radical (unpaired) electrons. The van der Waals surface area contributed by atoms with Gasteiger partial charge in [0.15, 0.2) is 5.11 Å². The quantitative estimate of drug-likeness (QED) is 0.358. The van der Waals surface area contributed by atoms with E-state index in [1.807, 2.05) is 12.1 Å². The molecule has 3 atom stereocenters.